The van der Waals surface area contributed by atoms with Gasteiger partial charge in [0, 0.05) is 12.8 Å². The summed E-state index contributed by atoms with van der Waals surface area (Å²) in [6, 6.07) is 0. The molecule has 0 aliphatic heterocycles. The average molecular weight is 288 g/mol. The van der Waals surface area contributed by atoms with E-state index in [4.69, 9.17) is 14.2 Å². The maximum absolute atomic E-state index is 11.6. The van der Waals surface area contributed by atoms with Crippen molar-refractivity contribution in [1.29, 1.82) is 0 Å². The largest absolute Gasteiger partial charge is 0.466 e. The summed E-state index contributed by atoms with van der Waals surface area (Å²) in [5.41, 5.74) is 0. The zero-order valence-corrected chi connectivity index (χ0v) is 12.5. The molecule has 0 aromatic rings. The Morgan fingerprint density at radius 2 is 1.55 bits per heavy atom. The summed E-state index contributed by atoms with van der Waals surface area (Å²) < 4.78 is 14.9. The van der Waals surface area contributed by atoms with Gasteiger partial charge in [-0.1, -0.05) is 27.2 Å². The molecule has 116 valence electrons. The fourth-order valence-electron chi connectivity index (χ4n) is 1.27. The second kappa shape index (κ2) is 11.3. The van der Waals surface area contributed by atoms with Gasteiger partial charge in [0.25, 0.3) is 0 Å². The summed E-state index contributed by atoms with van der Waals surface area (Å²) in [6.07, 6.45) is 1.25. The maximum Gasteiger partial charge on any atom is 0.309 e. The van der Waals surface area contributed by atoms with Gasteiger partial charge in [-0.2, -0.15) is 0 Å². The van der Waals surface area contributed by atoms with Gasteiger partial charge in [-0.25, -0.2) is 0 Å². The van der Waals surface area contributed by atoms with Crippen molar-refractivity contribution in [2.45, 2.75) is 59.0 Å². The minimum Gasteiger partial charge on any atom is -0.466 e. The van der Waals surface area contributed by atoms with Gasteiger partial charge < -0.3 is 14.2 Å². The van der Waals surface area contributed by atoms with Crippen molar-refractivity contribution < 1.29 is 28.6 Å². The topological polar surface area (TPSA) is 78.9 Å². The van der Waals surface area contributed by atoms with Crippen LogP contribution in [0.25, 0.3) is 0 Å². The highest BCUT2D eigenvalue weighted by Crippen LogP contribution is 2.05. The smallest absolute Gasteiger partial charge is 0.309 e. The fraction of sp³-hybridized carbons (Fsp3) is 0.786. The van der Waals surface area contributed by atoms with Crippen LogP contribution in [0.1, 0.15) is 52.9 Å². The Hall–Kier alpha value is -1.59. The first kappa shape index (κ1) is 18.4. The molecule has 0 saturated heterocycles. The molecule has 0 aliphatic carbocycles. The molecular formula is C14H24O6. The van der Waals surface area contributed by atoms with Crippen molar-refractivity contribution >= 4 is 17.9 Å². The van der Waals surface area contributed by atoms with Gasteiger partial charge in [-0.15, -0.1) is 0 Å². The molecule has 1 atom stereocenters. The lowest BCUT2D eigenvalue weighted by Gasteiger charge is -2.17. The van der Waals surface area contributed by atoms with E-state index in [1.165, 1.54) is 0 Å². The van der Waals surface area contributed by atoms with Crippen LogP contribution in [0.5, 0.6) is 0 Å². The van der Waals surface area contributed by atoms with Crippen LogP contribution in [0, 0.1) is 0 Å². The summed E-state index contributed by atoms with van der Waals surface area (Å²) in [6.45, 7) is 5.52. The van der Waals surface area contributed by atoms with Crippen molar-refractivity contribution in [2.24, 2.45) is 0 Å². The molecule has 0 rings (SSSR count). The van der Waals surface area contributed by atoms with E-state index < -0.39 is 24.0 Å². The summed E-state index contributed by atoms with van der Waals surface area (Å²) >= 11 is 0. The summed E-state index contributed by atoms with van der Waals surface area (Å²) in [7, 11) is 0. The molecule has 6 heteroatoms. The Kier molecular flexibility index (Phi) is 10.4. The minimum absolute atomic E-state index is 0.105. The number of carbonyl (C=O) groups is 3. The Balaban J connectivity index is 4.25. The first-order valence-corrected chi connectivity index (χ1v) is 7.04. The van der Waals surface area contributed by atoms with E-state index in [1.54, 1.807) is 13.8 Å². The van der Waals surface area contributed by atoms with Crippen LogP contribution in [-0.4, -0.2) is 37.2 Å². The maximum atomic E-state index is 11.6. The van der Waals surface area contributed by atoms with Crippen molar-refractivity contribution in [1.82, 2.24) is 0 Å². The van der Waals surface area contributed by atoms with E-state index in [0.29, 0.717) is 6.61 Å². The quantitative estimate of drug-likeness (QED) is 0.347. The lowest BCUT2D eigenvalue weighted by atomic mass is 10.2. The first-order valence-electron chi connectivity index (χ1n) is 7.04. The zero-order valence-electron chi connectivity index (χ0n) is 12.5. The molecule has 0 bridgehead atoms. The third-order valence-electron chi connectivity index (χ3n) is 2.46. The predicted octanol–water partition coefficient (Wildman–Crippen LogP) is 1.99. The van der Waals surface area contributed by atoms with Crippen molar-refractivity contribution in [2.75, 3.05) is 13.2 Å². The lowest BCUT2D eigenvalue weighted by molar-refractivity contribution is -0.163. The standard InChI is InChI=1S/C14H24O6/c1-4-7-8-18-14(17)9-11(20-13(16)6-3)10-19-12(15)5-2/h11H,4-10H2,1-3H3. The molecule has 0 radical (unpaired) electrons. The second-order valence-electron chi connectivity index (χ2n) is 4.28. The third kappa shape index (κ3) is 9.35. The first-order chi connectivity index (χ1) is 9.53. The molecule has 20 heavy (non-hydrogen) atoms. The molecule has 0 heterocycles. The van der Waals surface area contributed by atoms with Gasteiger partial charge in [0.15, 0.2) is 0 Å². The molecule has 0 amide bonds. The molecular weight excluding hydrogens is 264 g/mol. The van der Waals surface area contributed by atoms with Crippen LogP contribution in [0.15, 0.2) is 0 Å². The highest BCUT2D eigenvalue weighted by atomic mass is 16.6. The van der Waals surface area contributed by atoms with E-state index in [-0.39, 0.29) is 25.9 Å². The van der Waals surface area contributed by atoms with E-state index >= 15 is 0 Å². The van der Waals surface area contributed by atoms with E-state index in [9.17, 15) is 14.4 Å². The number of hydrogen-bond acceptors (Lipinski definition) is 6. The number of rotatable bonds is 10. The molecule has 0 spiro atoms. The van der Waals surface area contributed by atoms with Gasteiger partial charge in [-0.3, -0.25) is 14.4 Å². The van der Waals surface area contributed by atoms with Crippen LogP contribution in [0.3, 0.4) is 0 Å². The summed E-state index contributed by atoms with van der Waals surface area (Å²) in [5.74, 6) is -1.30. The molecule has 0 fully saturated rings. The highest BCUT2D eigenvalue weighted by molar-refractivity contribution is 5.73. The third-order valence-corrected chi connectivity index (χ3v) is 2.46. The molecule has 0 N–H and O–H groups in total. The van der Waals surface area contributed by atoms with Gasteiger partial charge in [0.05, 0.1) is 13.0 Å². The van der Waals surface area contributed by atoms with Crippen LogP contribution in [0.4, 0.5) is 0 Å². The number of hydrogen-bond donors (Lipinski definition) is 0. The molecule has 0 saturated carbocycles. The van der Waals surface area contributed by atoms with Gasteiger partial charge in [-0.05, 0) is 6.42 Å². The molecule has 0 aromatic heterocycles. The summed E-state index contributed by atoms with van der Waals surface area (Å²) in [4.78, 5) is 33.9. The van der Waals surface area contributed by atoms with E-state index in [0.717, 1.165) is 12.8 Å². The predicted molar refractivity (Wildman–Crippen MR) is 71.9 cm³/mol. The summed E-state index contributed by atoms with van der Waals surface area (Å²) in [5, 5.41) is 0. The molecule has 0 aromatic carbocycles. The average Bonchev–Trinajstić information content (AvgIpc) is 2.44. The van der Waals surface area contributed by atoms with Crippen LogP contribution >= 0.6 is 0 Å². The Morgan fingerprint density at radius 3 is 2.10 bits per heavy atom. The molecule has 6 nitrogen and oxygen atoms in total. The Morgan fingerprint density at radius 1 is 0.900 bits per heavy atom. The number of ether oxygens (including phenoxy) is 3. The van der Waals surface area contributed by atoms with Gasteiger partial charge >= 0.3 is 17.9 Å². The second-order valence-corrected chi connectivity index (χ2v) is 4.28. The van der Waals surface area contributed by atoms with Crippen molar-refractivity contribution in [3.8, 4) is 0 Å². The van der Waals surface area contributed by atoms with Crippen LogP contribution < -0.4 is 0 Å². The molecule has 0 aliphatic rings. The Bertz CT molecular complexity index is 313. The monoisotopic (exact) mass is 288 g/mol. The molecule has 1 unspecified atom stereocenters. The number of esters is 3. The number of carbonyl (C=O) groups excluding carboxylic acids is 3. The lowest BCUT2D eigenvalue weighted by Crippen LogP contribution is -2.28. The van der Waals surface area contributed by atoms with E-state index in [1.807, 2.05) is 6.92 Å². The highest BCUT2D eigenvalue weighted by Gasteiger charge is 2.20. The van der Waals surface area contributed by atoms with Gasteiger partial charge in [0.2, 0.25) is 0 Å². The van der Waals surface area contributed by atoms with Crippen LogP contribution in [0.2, 0.25) is 0 Å². The minimum atomic E-state index is -0.785. The van der Waals surface area contributed by atoms with Crippen molar-refractivity contribution in [3.05, 3.63) is 0 Å². The van der Waals surface area contributed by atoms with Crippen LogP contribution in [-0.2, 0) is 28.6 Å². The zero-order chi connectivity index (χ0) is 15.4. The van der Waals surface area contributed by atoms with E-state index in [2.05, 4.69) is 0 Å². The SMILES string of the molecule is CCCCOC(=O)CC(COC(=O)CC)OC(=O)CC. The van der Waals surface area contributed by atoms with Crippen molar-refractivity contribution in [3.63, 3.8) is 0 Å². The Labute approximate surface area is 119 Å². The van der Waals surface area contributed by atoms with Gasteiger partial charge in [0.1, 0.15) is 12.7 Å². The number of unbranched alkanes of at least 4 members (excludes halogenated alkanes) is 1. The normalized spacial score (nSPS) is 11.6. The fourth-order valence-corrected chi connectivity index (χ4v) is 1.27.